The average Bonchev–Trinajstić information content (AvgIpc) is 3.31. The SMILES string of the molecule is CCc1cccc(C)c1NC(=O)C1CC1c1ccccc1. The quantitative estimate of drug-likeness (QED) is 0.888. The molecule has 0 radical (unpaired) electrons. The Morgan fingerprint density at radius 2 is 1.90 bits per heavy atom. The Bertz CT molecular complexity index is 648. The summed E-state index contributed by atoms with van der Waals surface area (Å²) in [7, 11) is 0. The maximum atomic E-state index is 12.5. The molecule has 1 aliphatic carbocycles. The van der Waals surface area contributed by atoms with Crippen LogP contribution in [0.4, 0.5) is 5.69 Å². The van der Waals surface area contributed by atoms with Crippen LogP contribution in [0.1, 0.15) is 36.0 Å². The van der Waals surface area contributed by atoms with Crippen LogP contribution in [-0.4, -0.2) is 5.91 Å². The predicted molar refractivity (Wildman–Crippen MR) is 86.5 cm³/mol. The van der Waals surface area contributed by atoms with Crippen LogP contribution in [0.15, 0.2) is 48.5 Å². The summed E-state index contributed by atoms with van der Waals surface area (Å²) in [5.41, 5.74) is 4.63. The number of rotatable bonds is 4. The van der Waals surface area contributed by atoms with Gasteiger partial charge in [0, 0.05) is 11.6 Å². The van der Waals surface area contributed by atoms with Gasteiger partial charge in [-0.15, -0.1) is 0 Å². The second-order valence-electron chi connectivity index (χ2n) is 5.81. The first-order valence-corrected chi connectivity index (χ1v) is 7.65. The second-order valence-corrected chi connectivity index (χ2v) is 5.81. The molecule has 1 fully saturated rings. The molecule has 108 valence electrons. The van der Waals surface area contributed by atoms with Crippen molar-refractivity contribution in [1.29, 1.82) is 0 Å². The first kappa shape index (κ1) is 13.9. The smallest absolute Gasteiger partial charge is 0.228 e. The number of para-hydroxylation sites is 1. The molecular formula is C19H21NO. The molecular weight excluding hydrogens is 258 g/mol. The maximum absolute atomic E-state index is 12.5. The molecule has 3 rings (SSSR count). The molecule has 1 aliphatic rings. The van der Waals surface area contributed by atoms with Crippen molar-refractivity contribution in [2.45, 2.75) is 32.6 Å². The Morgan fingerprint density at radius 1 is 1.14 bits per heavy atom. The van der Waals surface area contributed by atoms with E-state index in [-0.39, 0.29) is 11.8 Å². The van der Waals surface area contributed by atoms with Crippen LogP contribution < -0.4 is 5.32 Å². The van der Waals surface area contributed by atoms with E-state index in [2.05, 4.69) is 43.4 Å². The fraction of sp³-hybridized carbons (Fsp3) is 0.316. The number of carbonyl (C=O) groups excluding carboxylic acids is 1. The molecule has 2 unspecified atom stereocenters. The van der Waals surface area contributed by atoms with Crippen LogP contribution in [0.2, 0.25) is 0 Å². The molecule has 2 nitrogen and oxygen atoms in total. The number of nitrogens with one attached hydrogen (secondary N) is 1. The monoisotopic (exact) mass is 279 g/mol. The van der Waals surface area contributed by atoms with Gasteiger partial charge in [0.05, 0.1) is 0 Å². The van der Waals surface area contributed by atoms with Gasteiger partial charge < -0.3 is 5.32 Å². The Morgan fingerprint density at radius 3 is 2.62 bits per heavy atom. The minimum Gasteiger partial charge on any atom is -0.325 e. The fourth-order valence-electron chi connectivity index (χ4n) is 2.97. The van der Waals surface area contributed by atoms with Crippen LogP contribution in [0.25, 0.3) is 0 Å². The first-order chi connectivity index (χ1) is 10.2. The Labute approximate surface area is 126 Å². The van der Waals surface area contributed by atoms with Crippen molar-refractivity contribution < 1.29 is 4.79 Å². The normalized spacial score (nSPS) is 20.1. The van der Waals surface area contributed by atoms with Gasteiger partial charge in [0.25, 0.3) is 0 Å². The van der Waals surface area contributed by atoms with E-state index in [4.69, 9.17) is 0 Å². The summed E-state index contributed by atoms with van der Waals surface area (Å²) in [6.45, 7) is 4.17. The fourth-order valence-corrected chi connectivity index (χ4v) is 2.97. The van der Waals surface area contributed by atoms with E-state index in [1.165, 1.54) is 11.1 Å². The summed E-state index contributed by atoms with van der Waals surface area (Å²) in [5, 5.41) is 3.15. The van der Waals surface area contributed by atoms with Crippen molar-refractivity contribution in [1.82, 2.24) is 0 Å². The minimum absolute atomic E-state index is 0.122. The topological polar surface area (TPSA) is 29.1 Å². The Balaban J connectivity index is 1.72. The van der Waals surface area contributed by atoms with E-state index in [9.17, 15) is 4.79 Å². The number of carbonyl (C=O) groups is 1. The summed E-state index contributed by atoms with van der Waals surface area (Å²) in [6.07, 6.45) is 1.90. The van der Waals surface area contributed by atoms with E-state index in [1.54, 1.807) is 0 Å². The Hall–Kier alpha value is -2.09. The summed E-state index contributed by atoms with van der Waals surface area (Å²) in [5.74, 6) is 0.671. The standard InChI is InChI=1S/C19H21NO/c1-3-14-11-7-8-13(2)18(14)20-19(21)17-12-16(17)15-9-5-4-6-10-15/h4-11,16-17H,3,12H2,1-2H3,(H,20,21). The molecule has 1 amide bonds. The van der Waals surface area contributed by atoms with Crippen LogP contribution in [0, 0.1) is 12.8 Å². The van der Waals surface area contributed by atoms with Crippen molar-refractivity contribution >= 4 is 11.6 Å². The number of benzene rings is 2. The van der Waals surface area contributed by atoms with Gasteiger partial charge in [-0.05, 0) is 42.4 Å². The molecule has 0 aliphatic heterocycles. The summed E-state index contributed by atoms with van der Waals surface area (Å²) >= 11 is 0. The first-order valence-electron chi connectivity index (χ1n) is 7.65. The maximum Gasteiger partial charge on any atom is 0.228 e. The van der Waals surface area contributed by atoms with Crippen molar-refractivity contribution in [2.75, 3.05) is 5.32 Å². The highest BCUT2D eigenvalue weighted by Gasteiger charge is 2.43. The highest BCUT2D eigenvalue weighted by atomic mass is 16.2. The molecule has 21 heavy (non-hydrogen) atoms. The third-order valence-corrected chi connectivity index (χ3v) is 4.34. The van der Waals surface area contributed by atoms with E-state index >= 15 is 0 Å². The zero-order valence-electron chi connectivity index (χ0n) is 12.6. The van der Waals surface area contributed by atoms with Gasteiger partial charge in [-0.25, -0.2) is 0 Å². The van der Waals surface area contributed by atoms with Gasteiger partial charge >= 0.3 is 0 Å². The van der Waals surface area contributed by atoms with E-state index in [0.29, 0.717) is 5.92 Å². The number of hydrogen-bond acceptors (Lipinski definition) is 1. The summed E-state index contributed by atoms with van der Waals surface area (Å²) in [4.78, 5) is 12.5. The number of hydrogen-bond donors (Lipinski definition) is 1. The summed E-state index contributed by atoms with van der Waals surface area (Å²) < 4.78 is 0. The molecule has 0 saturated heterocycles. The van der Waals surface area contributed by atoms with Gasteiger partial charge in [0.2, 0.25) is 5.91 Å². The molecule has 1 saturated carbocycles. The van der Waals surface area contributed by atoms with Gasteiger partial charge in [-0.1, -0.05) is 55.5 Å². The lowest BCUT2D eigenvalue weighted by atomic mass is 10.1. The zero-order chi connectivity index (χ0) is 14.8. The third-order valence-electron chi connectivity index (χ3n) is 4.34. The molecule has 0 spiro atoms. The van der Waals surface area contributed by atoms with Crippen LogP contribution in [0.3, 0.4) is 0 Å². The minimum atomic E-state index is 0.122. The van der Waals surface area contributed by atoms with Crippen LogP contribution in [-0.2, 0) is 11.2 Å². The van der Waals surface area contributed by atoms with Gasteiger partial charge in [0.1, 0.15) is 0 Å². The van der Waals surface area contributed by atoms with Gasteiger partial charge in [0.15, 0.2) is 0 Å². The third kappa shape index (κ3) is 2.85. The molecule has 2 atom stereocenters. The predicted octanol–water partition coefficient (Wildman–Crippen LogP) is 4.30. The zero-order valence-corrected chi connectivity index (χ0v) is 12.6. The second kappa shape index (κ2) is 5.72. The average molecular weight is 279 g/mol. The largest absolute Gasteiger partial charge is 0.325 e. The highest BCUT2D eigenvalue weighted by molar-refractivity contribution is 5.96. The van der Waals surface area contributed by atoms with E-state index < -0.39 is 0 Å². The molecule has 0 aromatic heterocycles. The number of aryl methyl sites for hydroxylation is 2. The van der Waals surface area contributed by atoms with E-state index in [0.717, 1.165) is 24.1 Å². The highest BCUT2D eigenvalue weighted by Crippen LogP contribution is 2.48. The van der Waals surface area contributed by atoms with Crippen LogP contribution in [0.5, 0.6) is 0 Å². The summed E-state index contributed by atoms with van der Waals surface area (Å²) in [6, 6.07) is 16.5. The lowest BCUT2D eigenvalue weighted by Crippen LogP contribution is -2.16. The van der Waals surface area contributed by atoms with Crippen molar-refractivity contribution in [3.05, 3.63) is 65.2 Å². The molecule has 2 aromatic carbocycles. The molecule has 0 bridgehead atoms. The molecule has 1 N–H and O–H groups in total. The Kier molecular flexibility index (Phi) is 3.78. The molecule has 0 heterocycles. The lowest BCUT2D eigenvalue weighted by Gasteiger charge is -2.13. The van der Waals surface area contributed by atoms with Crippen molar-refractivity contribution in [3.63, 3.8) is 0 Å². The lowest BCUT2D eigenvalue weighted by molar-refractivity contribution is -0.117. The van der Waals surface area contributed by atoms with Crippen molar-refractivity contribution in [3.8, 4) is 0 Å². The van der Waals surface area contributed by atoms with E-state index in [1.807, 2.05) is 24.3 Å². The van der Waals surface area contributed by atoms with Gasteiger partial charge in [-0.3, -0.25) is 4.79 Å². The van der Waals surface area contributed by atoms with Crippen molar-refractivity contribution in [2.24, 2.45) is 5.92 Å². The molecule has 2 aromatic rings. The molecule has 2 heteroatoms. The number of amides is 1. The van der Waals surface area contributed by atoms with Gasteiger partial charge in [-0.2, -0.15) is 0 Å². The number of anilines is 1. The van der Waals surface area contributed by atoms with Crippen LogP contribution >= 0.6 is 0 Å².